The number of carbonyl (C=O) groups excluding carboxylic acids is 1. The van der Waals surface area contributed by atoms with Crippen molar-refractivity contribution in [1.82, 2.24) is 9.55 Å². The first-order chi connectivity index (χ1) is 7.69. The highest BCUT2D eigenvalue weighted by molar-refractivity contribution is 9.10. The van der Waals surface area contributed by atoms with Gasteiger partial charge in [-0.15, -0.1) is 0 Å². The lowest BCUT2D eigenvalue weighted by Gasteiger charge is -2.23. The Morgan fingerprint density at radius 1 is 1.69 bits per heavy atom. The van der Waals surface area contributed by atoms with Gasteiger partial charge in [-0.1, -0.05) is 6.92 Å². The van der Waals surface area contributed by atoms with Crippen molar-refractivity contribution in [2.24, 2.45) is 0 Å². The van der Waals surface area contributed by atoms with Gasteiger partial charge < -0.3 is 9.30 Å². The molecule has 0 aliphatic carbocycles. The molecule has 0 aromatic carbocycles. The second-order valence-electron chi connectivity index (χ2n) is 3.93. The molecule has 5 heteroatoms. The van der Waals surface area contributed by atoms with E-state index in [1.54, 1.807) is 0 Å². The normalized spacial score (nSPS) is 19.3. The Kier molecular flexibility index (Phi) is 3.33. The van der Waals surface area contributed by atoms with E-state index in [4.69, 9.17) is 4.74 Å². The van der Waals surface area contributed by atoms with Gasteiger partial charge in [-0.25, -0.2) is 4.98 Å². The molecule has 88 valence electrons. The summed E-state index contributed by atoms with van der Waals surface area (Å²) in [4.78, 5) is 16.1. The van der Waals surface area contributed by atoms with Crippen LogP contribution in [0.3, 0.4) is 0 Å². The number of carbonyl (C=O) groups is 1. The van der Waals surface area contributed by atoms with Crippen LogP contribution >= 0.6 is 15.9 Å². The topological polar surface area (TPSA) is 44.1 Å². The number of halogens is 1. The summed E-state index contributed by atoms with van der Waals surface area (Å²) in [5.74, 6) is 0.709. The lowest BCUT2D eigenvalue weighted by atomic mass is 9.96. The Balaban J connectivity index is 2.45. The predicted octanol–water partition coefficient (Wildman–Crippen LogP) is 2.26. The number of esters is 1. The minimum Gasteiger partial charge on any atom is -0.469 e. The largest absolute Gasteiger partial charge is 0.469 e. The number of ether oxygens (including phenoxy) is 1. The van der Waals surface area contributed by atoms with Gasteiger partial charge in [-0.3, -0.25) is 4.79 Å². The van der Waals surface area contributed by atoms with Crippen molar-refractivity contribution in [3.8, 4) is 0 Å². The average molecular weight is 287 g/mol. The van der Waals surface area contributed by atoms with Crippen LogP contribution in [0, 0.1) is 0 Å². The van der Waals surface area contributed by atoms with Crippen LogP contribution in [0.5, 0.6) is 0 Å². The maximum Gasteiger partial charge on any atom is 0.314 e. The SMILES string of the molecule is CCc1nc(Br)c2n1CCCC2C(=O)OC. The summed E-state index contributed by atoms with van der Waals surface area (Å²) in [6, 6.07) is 0. The fraction of sp³-hybridized carbons (Fsp3) is 0.636. The summed E-state index contributed by atoms with van der Waals surface area (Å²) in [5, 5.41) is 0. The molecule has 0 amide bonds. The van der Waals surface area contributed by atoms with Crippen molar-refractivity contribution >= 4 is 21.9 Å². The first-order valence-corrected chi connectivity index (χ1v) is 6.31. The van der Waals surface area contributed by atoms with E-state index >= 15 is 0 Å². The molecule has 0 fully saturated rings. The Morgan fingerprint density at radius 3 is 3.06 bits per heavy atom. The summed E-state index contributed by atoms with van der Waals surface area (Å²) in [6.07, 6.45) is 2.73. The van der Waals surface area contributed by atoms with E-state index in [9.17, 15) is 4.79 Å². The number of hydrogen-bond donors (Lipinski definition) is 0. The van der Waals surface area contributed by atoms with Crippen molar-refractivity contribution < 1.29 is 9.53 Å². The maximum absolute atomic E-state index is 11.7. The van der Waals surface area contributed by atoms with Gasteiger partial charge in [0.25, 0.3) is 0 Å². The molecule has 1 aromatic heterocycles. The number of imidazole rings is 1. The van der Waals surface area contributed by atoms with Crippen molar-refractivity contribution in [3.63, 3.8) is 0 Å². The molecule has 0 bridgehead atoms. The Morgan fingerprint density at radius 2 is 2.44 bits per heavy atom. The summed E-state index contributed by atoms with van der Waals surface area (Å²) < 4.78 is 7.78. The third kappa shape index (κ3) is 1.77. The molecular weight excluding hydrogens is 272 g/mol. The molecule has 0 saturated carbocycles. The molecule has 1 aliphatic heterocycles. The van der Waals surface area contributed by atoms with Crippen molar-refractivity contribution in [1.29, 1.82) is 0 Å². The summed E-state index contributed by atoms with van der Waals surface area (Å²) >= 11 is 3.44. The molecule has 4 nitrogen and oxygen atoms in total. The van der Waals surface area contributed by atoms with E-state index in [1.807, 2.05) is 0 Å². The molecule has 2 rings (SSSR count). The van der Waals surface area contributed by atoms with Gasteiger partial charge in [0.15, 0.2) is 0 Å². The van der Waals surface area contributed by atoms with E-state index in [-0.39, 0.29) is 11.9 Å². The first kappa shape index (κ1) is 11.6. The molecule has 1 aromatic rings. The van der Waals surface area contributed by atoms with Crippen molar-refractivity contribution in [2.75, 3.05) is 7.11 Å². The zero-order valence-electron chi connectivity index (χ0n) is 9.49. The molecule has 0 spiro atoms. The van der Waals surface area contributed by atoms with Crippen LogP contribution in [0.25, 0.3) is 0 Å². The van der Waals surface area contributed by atoms with Crippen LogP contribution in [0.1, 0.15) is 37.2 Å². The molecule has 0 saturated heterocycles. The standard InChI is InChI=1S/C11H15BrN2O2/c1-3-8-13-10(12)9-7(11(15)16-2)5-4-6-14(8)9/h7H,3-6H2,1-2H3. The number of aryl methyl sites for hydroxylation is 1. The van der Waals surface area contributed by atoms with Gasteiger partial charge >= 0.3 is 5.97 Å². The number of aromatic nitrogens is 2. The van der Waals surface area contributed by atoms with Crippen LogP contribution in [0.2, 0.25) is 0 Å². The highest BCUT2D eigenvalue weighted by Gasteiger charge is 2.32. The number of nitrogens with zero attached hydrogens (tertiary/aromatic N) is 2. The maximum atomic E-state index is 11.7. The summed E-state index contributed by atoms with van der Waals surface area (Å²) in [7, 11) is 1.44. The molecule has 16 heavy (non-hydrogen) atoms. The fourth-order valence-electron chi connectivity index (χ4n) is 2.29. The third-order valence-corrected chi connectivity index (χ3v) is 3.63. The first-order valence-electron chi connectivity index (χ1n) is 5.51. The van der Waals surface area contributed by atoms with Gasteiger partial charge in [-0.05, 0) is 28.8 Å². The van der Waals surface area contributed by atoms with Crippen molar-refractivity contribution in [2.45, 2.75) is 38.6 Å². The van der Waals surface area contributed by atoms with Gasteiger partial charge in [-0.2, -0.15) is 0 Å². The predicted molar refractivity (Wildman–Crippen MR) is 63.3 cm³/mol. The fourth-order valence-corrected chi connectivity index (χ4v) is 2.99. The third-order valence-electron chi connectivity index (χ3n) is 3.05. The Labute approximate surface area is 103 Å². The van der Waals surface area contributed by atoms with E-state index in [1.165, 1.54) is 7.11 Å². The van der Waals surface area contributed by atoms with Gasteiger partial charge in [0, 0.05) is 13.0 Å². The number of hydrogen-bond acceptors (Lipinski definition) is 3. The lowest BCUT2D eigenvalue weighted by Crippen LogP contribution is -2.24. The van der Waals surface area contributed by atoms with E-state index in [0.29, 0.717) is 0 Å². The molecular formula is C11H15BrN2O2. The van der Waals surface area contributed by atoms with E-state index < -0.39 is 0 Å². The zero-order chi connectivity index (χ0) is 11.7. The number of fused-ring (bicyclic) bond motifs is 1. The van der Waals surface area contributed by atoms with Crippen molar-refractivity contribution in [3.05, 3.63) is 16.1 Å². The van der Waals surface area contributed by atoms with E-state index in [2.05, 4.69) is 32.4 Å². The quantitative estimate of drug-likeness (QED) is 0.784. The average Bonchev–Trinajstić information content (AvgIpc) is 2.65. The molecule has 0 radical (unpaired) electrons. The van der Waals surface area contributed by atoms with Gasteiger partial charge in [0.05, 0.1) is 18.7 Å². The Bertz CT molecular complexity index is 414. The second kappa shape index (κ2) is 4.57. The number of methoxy groups -OCH3 is 1. The lowest BCUT2D eigenvalue weighted by molar-refractivity contribution is -0.143. The minimum absolute atomic E-state index is 0.163. The van der Waals surface area contributed by atoms with Crippen LogP contribution in [0.4, 0.5) is 0 Å². The smallest absolute Gasteiger partial charge is 0.314 e. The van der Waals surface area contributed by atoms with Crippen LogP contribution < -0.4 is 0 Å². The molecule has 1 atom stereocenters. The van der Waals surface area contributed by atoms with Gasteiger partial charge in [0.1, 0.15) is 10.4 Å². The second-order valence-corrected chi connectivity index (χ2v) is 4.68. The summed E-state index contributed by atoms with van der Waals surface area (Å²) in [6.45, 7) is 3.02. The molecule has 1 aliphatic rings. The summed E-state index contributed by atoms with van der Waals surface area (Å²) in [5.41, 5.74) is 0.981. The molecule has 2 heterocycles. The van der Waals surface area contributed by atoms with Gasteiger partial charge in [0.2, 0.25) is 0 Å². The van der Waals surface area contributed by atoms with Crippen LogP contribution in [-0.4, -0.2) is 22.6 Å². The molecule has 0 N–H and O–H groups in total. The van der Waals surface area contributed by atoms with Crippen LogP contribution in [0.15, 0.2) is 4.60 Å². The Hall–Kier alpha value is -0.840. The zero-order valence-corrected chi connectivity index (χ0v) is 11.1. The molecule has 1 unspecified atom stereocenters. The van der Waals surface area contributed by atoms with Crippen LogP contribution in [-0.2, 0) is 22.5 Å². The highest BCUT2D eigenvalue weighted by atomic mass is 79.9. The highest BCUT2D eigenvalue weighted by Crippen LogP contribution is 2.34. The minimum atomic E-state index is -0.166. The number of rotatable bonds is 2. The monoisotopic (exact) mass is 286 g/mol. The van der Waals surface area contributed by atoms with E-state index in [0.717, 1.165) is 41.9 Å².